The summed E-state index contributed by atoms with van der Waals surface area (Å²) in [6, 6.07) is 22.3. The van der Waals surface area contributed by atoms with Crippen molar-refractivity contribution in [2.75, 3.05) is 42.3 Å². The van der Waals surface area contributed by atoms with E-state index in [0.29, 0.717) is 18.4 Å². The van der Waals surface area contributed by atoms with E-state index in [1.165, 1.54) is 11.8 Å². The predicted octanol–water partition coefficient (Wildman–Crippen LogP) is 4.30. The van der Waals surface area contributed by atoms with Crippen molar-refractivity contribution in [2.45, 2.75) is 12.1 Å². The van der Waals surface area contributed by atoms with Gasteiger partial charge in [0.25, 0.3) is 0 Å². The highest BCUT2D eigenvalue weighted by molar-refractivity contribution is 7.99. The summed E-state index contributed by atoms with van der Waals surface area (Å²) in [6.07, 6.45) is 0. The monoisotopic (exact) mass is 459 g/mol. The molecule has 0 unspecified atom stereocenters. The van der Waals surface area contributed by atoms with Gasteiger partial charge >= 0.3 is 0 Å². The zero-order valence-corrected chi connectivity index (χ0v) is 19.2. The molecule has 3 aromatic carbocycles. The molecule has 0 saturated carbocycles. The number of amides is 1. The molecular formula is C25H25N5O2S. The van der Waals surface area contributed by atoms with Crippen molar-refractivity contribution in [2.24, 2.45) is 0 Å². The summed E-state index contributed by atoms with van der Waals surface area (Å²) in [7, 11) is 0. The van der Waals surface area contributed by atoms with Crippen LogP contribution in [0.4, 0.5) is 11.6 Å². The van der Waals surface area contributed by atoms with Crippen molar-refractivity contribution in [1.29, 1.82) is 0 Å². The smallest absolute Gasteiger partial charge is 0.234 e. The molecule has 1 fully saturated rings. The lowest BCUT2D eigenvalue weighted by Crippen LogP contribution is -2.37. The highest BCUT2D eigenvalue weighted by Gasteiger charge is 2.22. The third-order valence-corrected chi connectivity index (χ3v) is 6.46. The molecule has 1 aliphatic heterocycles. The van der Waals surface area contributed by atoms with E-state index >= 15 is 0 Å². The Labute approximate surface area is 196 Å². The minimum absolute atomic E-state index is 0.0815. The van der Waals surface area contributed by atoms with Crippen molar-refractivity contribution in [3.05, 3.63) is 72.3 Å². The van der Waals surface area contributed by atoms with Gasteiger partial charge in [0.1, 0.15) is 0 Å². The lowest BCUT2D eigenvalue weighted by Gasteiger charge is -2.28. The minimum atomic E-state index is -0.0815. The Hall–Kier alpha value is -3.36. The Morgan fingerprint density at radius 2 is 1.82 bits per heavy atom. The number of carbonyl (C=O) groups excluding carboxylic acids is 1. The number of hydrogen-bond donors (Lipinski definition) is 1. The van der Waals surface area contributed by atoms with E-state index in [0.717, 1.165) is 46.7 Å². The number of benzene rings is 3. The molecule has 1 N–H and O–H groups in total. The molecule has 7 nitrogen and oxygen atoms in total. The lowest BCUT2D eigenvalue weighted by molar-refractivity contribution is -0.113. The molecule has 1 amide bonds. The van der Waals surface area contributed by atoms with Gasteiger partial charge in [-0.25, -0.2) is 0 Å². The third-order valence-electron chi connectivity index (χ3n) is 5.54. The number of rotatable bonds is 6. The molecule has 4 aromatic rings. The highest BCUT2D eigenvalue weighted by Crippen LogP contribution is 2.28. The Kier molecular flexibility index (Phi) is 6.28. The summed E-state index contributed by atoms with van der Waals surface area (Å²) in [6.45, 7) is 4.91. The first-order chi connectivity index (χ1) is 16.2. The predicted molar refractivity (Wildman–Crippen MR) is 132 cm³/mol. The summed E-state index contributed by atoms with van der Waals surface area (Å²) in [5.74, 6) is 0.934. The van der Waals surface area contributed by atoms with Gasteiger partial charge in [-0.15, -0.1) is 10.2 Å². The normalized spacial score (nSPS) is 13.9. The summed E-state index contributed by atoms with van der Waals surface area (Å²) in [4.78, 5) is 14.9. The van der Waals surface area contributed by atoms with Gasteiger partial charge in [0.15, 0.2) is 5.16 Å². The van der Waals surface area contributed by atoms with Crippen LogP contribution in [0.25, 0.3) is 16.5 Å². The van der Waals surface area contributed by atoms with Gasteiger partial charge in [0.2, 0.25) is 11.9 Å². The maximum atomic E-state index is 12.7. The fourth-order valence-corrected chi connectivity index (χ4v) is 4.66. The van der Waals surface area contributed by atoms with Crippen LogP contribution in [0, 0.1) is 6.92 Å². The number of morpholine rings is 1. The number of carbonyl (C=O) groups is 1. The van der Waals surface area contributed by atoms with E-state index in [2.05, 4.69) is 45.5 Å². The van der Waals surface area contributed by atoms with E-state index in [1.807, 2.05) is 53.1 Å². The molecular weight excluding hydrogens is 434 g/mol. The average Bonchev–Trinajstić information content (AvgIpc) is 3.27. The number of thioether (sulfide) groups is 1. The maximum Gasteiger partial charge on any atom is 0.234 e. The first kappa shape index (κ1) is 21.5. The van der Waals surface area contributed by atoms with Crippen LogP contribution in [0.2, 0.25) is 0 Å². The number of aryl methyl sites for hydroxylation is 1. The zero-order chi connectivity index (χ0) is 22.6. The minimum Gasteiger partial charge on any atom is -0.378 e. The summed E-state index contributed by atoms with van der Waals surface area (Å²) in [5.41, 5.74) is 2.92. The first-order valence-corrected chi connectivity index (χ1v) is 11.9. The number of anilines is 2. The molecule has 0 aliphatic carbocycles. The van der Waals surface area contributed by atoms with Crippen LogP contribution in [0.1, 0.15) is 5.56 Å². The molecule has 0 radical (unpaired) electrons. The second-order valence-corrected chi connectivity index (χ2v) is 8.90. The zero-order valence-electron chi connectivity index (χ0n) is 18.4. The number of hydrogen-bond acceptors (Lipinski definition) is 6. The number of aromatic nitrogens is 3. The van der Waals surface area contributed by atoms with E-state index in [1.54, 1.807) is 0 Å². The fourth-order valence-electron chi connectivity index (χ4n) is 3.91. The molecule has 5 rings (SSSR count). The Morgan fingerprint density at radius 1 is 1.00 bits per heavy atom. The molecule has 168 valence electrons. The van der Waals surface area contributed by atoms with E-state index < -0.39 is 0 Å². The maximum absolute atomic E-state index is 12.7. The van der Waals surface area contributed by atoms with Gasteiger partial charge < -0.3 is 15.0 Å². The number of fused-ring (bicyclic) bond motifs is 1. The Bertz CT molecular complexity index is 1280. The van der Waals surface area contributed by atoms with Crippen molar-refractivity contribution < 1.29 is 9.53 Å². The molecule has 1 aromatic heterocycles. The highest BCUT2D eigenvalue weighted by atomic mass is 32.2. The van der Waals surface area contributed by atoms with E-state index in [4.69, 9.17) is 4.74 Å². The van der Waals surface area contributed by atoms with E-state index in [9.17, 15) is 4.79 Å². The SMILES string of the molecule is Cc1cccc(-n2c(SCC(=O)Nc3ccc4ccccc4c3)nnc2N2CCOCC2)c1. The molecule has 0 atom stereocenters. The molecule has 1 aliphatic rings. The molecule has 1 saturated heterocycles. The van der Waals surface area contributed by atoms with Crippen LogP contribution in [-0.4, -0.2) is 52.7 Å². The molecule has 0 bridgehead atoms. The topological polar surface area (TPSA) is 72.3 Å². The second-order valence-electron chi connectivity index (χ2n) is 7.96. The third kappa shape index (κ3) is 4.86. The Balaban J connectivity index is 1.35. The fraction of sp³-hybridized carbons (Fsp3) is 0.240. The standard InChI is InChI=1S/C25H25N5O2S/c1-18-5-4-8-22(15-18)30-24(29-11-13-32-14-12-29)27-28-25(30)33-17-23(31)26-21-10-9-19-6-2-3-7-20(19)16-21/h2-10,15-16H,11-14,17H2,1H3,(H,26,31). The van der Waals surface area contributed by atoms with Crippen molar-refractivity contribution >= 4 is 40.1 Å². The second kappa shape index (κ2) is 9.64. The van der Waals surface area contributed by atoms with Crippen molar-refractivity contribution in [3.63, 3.8) is 0 Å². The van der Waals surface area contributed by atoms with Crippen molar-refractivity contribution in [3.8, 4) is 5.69 Å². The molecule has 8 heteroatoms. The van der Waals surface area contributed by atoms with Crippen molar-refractivity contribution in [1.82, 2.24) is 14.8 Å². The largest absolute Gasteiger partial charge is 0.378 e. The van der Waals surface area contributed by atoms with Gasteiger partial charge in [-0.2, -0.15) is 0 Å². The van der Waals surface area contributed by atoms with Crippen LogP contribution in [-0.2, 0) is 9.53 Å². The molecule has 0 spiro atoms. The quantitative estimate of drug-likeness (QED) is 0.434. The van der Waals surface area contributed by atoms with Crippen LogP contribution < -0.4 is 10.2 Å². The van der Waals surface area contributed by atoms with Gasteiger partial charge in [-0.05, 0) is 47.5 Å². The van der Waals surface area contributed by atoms with Gasteiger partial charge in [0, 0.05) is 18.8 Å². The van der Waals surface area contributed by atoms with Gasteiger partial charge in [-0.1, -0.05) is 54.2 Å². The number of nitrogens with zero attached hydrogens (tertiary/aromatic N) is 4. The molecule has 2 heterocycles. The van der Waals surface area contributed by atoms with Crippen LogP contribution in [0.15, 0.2) is 71.9 Å². The van der Waals surface area contributed by atoms with Crippen LogP contribution in [0.3, 0.4) is 0 Å². The lowest BCUT2D eigenvalue weighted by atomic mass is 10.1. The van der Waals surface area contributed by atoms with Crippen LogP contribution >= 0.6 is 11.8 Å². The van der Waals surface area contributed by atoms with Gasteiger partial charge in [0.05, 0.1) is 24.7 Å². The van der Waals surface area contributed by atoms with Crippen LogP contribution in [0.5, 0.6) is 0 Å². The summed E-state index contributed by atoms with van der Waals surface area (Å²) >= 11 is 1.38. The van der Waals surface area contributed by atoms with Gasteiger partial charge in [-0.3, -0.25) is 9.36 Å². The number of ether oxygens (including phenoxy) is 1. The summed E-state index contributed by atoms with van der Waals surface area (Å²) < 4.78 is 7.53. The average molecular weight is 460 g/mol. The van der Waals surface area contributed by atoms with E-state index in [-0.39, 0.29) is 11.7 Å². The molecule has 33 heavy (non-hydrogen) atoms. The summed E-state index contributed by atoms with van der Waals surface area (Å²) in [5, 5.41) is 14.8. The Morgan fingerprint density at radius 3 is 2.64 bits per heavy atom. The first-order valence-electron chi connectivity index (χ1n) is 10.9. The number of nitrogens with one attached hydrogen (secondary N) is 1.